The number of amides is 1. The summed E-state index contributed by atoms with van der Waals surface area (Å²) in [7, 11) is 0. The van der Waals surface area contributed by atoms with Gasteiger partial charge < -0.3 is 10.6 Å². The number of anilines is 3. The second-order valence-electron chi connectivity index (χ2n) is 5.86. The molecule has 0 saturated carbocycles. The maximum Gasteiger partial charge on any atom is 0.228 e. The van der Waals surface area contributed by atoms with E-state index in [1.807, 2.05) is 55.5 Å². The molecule has 0 aliphatic heterocycles. The van der Waals surface area contributed by atoms with Crippen LogP contribution in [0.5, 0.6) is 0 Å². The van der Waals surface area contributed by atoms with Crippen LogP contribution in [-0.4, -0.2) is 5.91 Å². The van der Waals surface area contributed by atoms with Crippen LogP contribution >= 0.6 is 0 Å². The predicted octanol–water partition coefficient (Wildman–Crippen LogP) is 5.06. The van der Waals surface area contributed by atoms with Crippen molar-refractivity contribution in [2.24, 2.45) is 0 Å². The molecule has 4 heteroatoms. The molecule has 0 saturated heterocycles. The zero-order valence-electron chi connectivity index (χ0n) is 13.9. The number of nitrogens with one attached hydrogen (secondary N) is 2. The third-order valence-corrected chi connectivity index (χ3v) is 3.89. The Labute approximate surface area is 146 Å². The zero-order valence-corrected chi connectivity index (χ0v) is 13.9. The summed E-state index contributed by atoms with van der Waals surface area (Å²) in [5.41, 5.74) is 4.35. The van der Waals surface area contributed by atoms with Crippen LogP contribution in [-0.2, 0) is 11.2 Å². The smallest absolute Gasteiger partial charge is 0.228 e. The van der Waals surface area contributed by atoms with Crippen molar-refractivity contribution in [1.29, 1.82) is 0 Å². The average Bonchev–Trinajstić information content (AvgIpc) is 2.59. The van der Waals surface area contributed by atoms with Gasteiger partial charge in [0.05, 0.1) is 6.42 Å². The van der Waals surface area contributed by atoms with Gasteiger partial charge in [-0.2, -0.15) is 0 Å². The van der Waals surface area contributed by atoms with Crippen molar-refractivity contribution in [3.63, 3.8) is 0 Å². The monoisotopic (exact) mass is 334 g/mol. The lowest BCUT2D eigenvalue weighted by Crippen LogP contribution is -2.14. The summed E-state index contributed by atoms with van der Waals surface area (Å²) in [6, 6.07) is 21.4. The van der Waals surface area contributed by atoms with Gasteiger partial charge in [-0.3, -0.25) is 4.79 Å². The van der Waals surface area contributed by atoms with Gasteiger partial charge in [-0.25, -0.2) is 4.39 Å². The highest BCUT2D eigenvalue weighted by molar-refractivity contribution is 5.92. The molecular weight excluding hydrogens is 315 g/mol. The summed E-state index contributed by atoms with van der Waals surface area (Å²) in [6.45, 7) is 2.00. The highest BCUT2D eigenvalue weighted by Gasteiger charge is 2.06. The van der Waals surface area contributed by atoms with Crippen molar-refractivity contribution in [2.45, 2.75) is 13.3 Å². The molecule has 0 unspecified atom stereocenters. The zero-order chi connectivity index (χ0) is 17.6. The standard InChI is InChI=1S/C21H19FN2O/c1-15-5-2-3-6-16(15)13-21(25)24-19-11-9-18(10-12-19)23-20-8-4-7-17(22)14-20/h2-12,14,23H,13H2,1H3,(H,24,25). The summed E-state index contributed by atoms with van der Waals surface area (Å²) < 4.78 is 13.2. The van der Waals surface area contributed by atoms with Crippen LogP contribution in [0.4, 0.5) is 21.5 Å². The Morgan fingerprint density at radius 1 is 0.880 bits per heavy atom. The number of carbonyl (C=O) groups is 1. The molecule has 0 heterocycles. The highest BCUT2D eigenvalue weighted by Crippen LogP contribution is 2.20. The molecule has 0 spiro atoms. The van der Waals surface area contributed by atoms with E-state index in [4.69, 9.17) is 0 Å². The quantitative estimate of drug-likeness (QED) is 0.685. The molecule has 0 aliphatic carbocycles. The lowest BCUT2D eigenvalue weighted by atomic mass is 10.1. The van der Waals surface area contributed by atoms with Crippen LogP contribution in [0.25, 0.3) is 0 Å². The number of benzene rings is 3. The number of carbonyl (C=O) groups excluding carboxylic acids is 1. The van der Waals surface area contributed by atoms with Crippen LogP contribution < -0.4 is 10.6 Å². The molecule has 0 radical (unpaired) electrons. The Hall–Kier alpha value is -3.14. The number of aryl methyl sites for hydroxylation is 1. The van der Waals surface area contributed by atoms with Crippen LogP contribution in [0.1, 0.15) is 11.1 Å². The Morgan fingerprint density at radius 3 is 2.32 bits per heavy atom. The second-order valence-corrected chi connectivity index (χ2v) is 5.86. The lowest BCUT2D eigenvalue weighted by Gasteiger charge is -2.10. The third kappa shape index (κ3) is 4.67. The molecule has 0 fully saturated rings. The molecule has 3 aromatic rings. The summed E-state index contributed by atoms with van der Waals surface area (Å²) in [4.78, 5) is 12.2. The second kappa shape index (κ2) is 7.62. The first-order valence-electron chi connectivity index (χ1n) is 8.07. The van der Waals surface area contributed by atoms with Gasteiger partial charge >= 0.3 is 0 Å². The third-order valence-electron chi connectivity index (χ3n) is 3.89. The molecule has 2 N–H and O–H groups in total. The summed E-state index contributed by atoms with van der Waals surface area (Å²) >= 11 is 0. The van der Waals surface area contributed by atoms with E-state index in [-0.39, 0.29) is 11.7 Å². The molecule has 0 aromatic heterocycles. The maximum absolute atomic E-state index is 13.2. The Morgan fingerprint density at radius 2 is 1.60 bits per heavy atom. The van der Waals surface area contributed by atoms with Crippen molar-refractivity contribution in [3.8, 4) is 0 Å². The van der Waals surface area contributed by atoms with E-state index >= 15 is 0 Å². The van der Waals surface area contributed by atoms with Gasteiger partial charge in [-0.15, -0.1) is 0 Å². The largest absolute Gasteiger partial charge is 0.355 e. The van der Waals surface area contributed by atoms with Crippen molar-refractivity contribution >= 4 is 23.0 Å². The maximum atomic E-state index is 13.2. The molecule has 3 rings (SSSR count). The van der Waals surface area contributed by atoms with Crippen molar-refractivity contribution in [3.05, 3.63) is 89.7 Å². The molecular formula is C21H19FN2O. The Balaban J connectivity index is 1.60. The lowest BCUT2D eigenvalue weighted by molar-refractivity contribution is -0.115. The van der Waals surface area contributed by atoms with E-state index in [0.29, 0.717) is 12.1 Å². The first-order chi connectivity index (χ1) is 12.1. The van der Waals surface area contributed by atoms with Crippen molar-refractivity contribution < 1.29 is 9.18 Å². The van der Waals surface area contributed by atoms with E-state index in [0.717, 1.165) is 22.5 Å². The molecule has 3 nitrogen and oxygen atoms in total. The number of rotatable bonds is 5. The van der Waals surface area contributed by atoms with Gasteiger partial charge in [0.25, 0.3) is 0 Å². The van der Waals surface area contributed by atoms with E-state index in [1.54, 1.807) is 12.1 Å². The minimum Gasteiger partial charge on any atom is -0.355 e. The predicted molar refractivity (Wildman–Crippen MR) is 99.6 cm³/mol. The number of hydrogen-bond donors (Lipinski definition) is 2. The van der Waals surface area contributed by atoms with Gasteiger partial charge in [0.1, 0.15) is 5.82 Å². The molecule has 126 valence electrons. The van der Waals surface area contributed by atoms with Crippen LogP contribution in [0.3, 0.4) is 0 Å². The van der Waals surface area contributed by atoms with E-state index in [9.17, 15) is 9.18 Å². The Kier molecular flexibility index (Phi) is 5.09. The summed E-state index contributed by atoms with van der Waals surface area (Å²) in [6.07, 6.45) is 0.343. The average molecular weight is 334 g/mol. The van der Waals surface area contributed by atoms with Gasteiger partial charge in [0.2, 0.25) is 5.91 Å². The van der Waals surface area contributed by atoms with Crippen LogP contribution in [0, 0.1) is 12.7 Å². The number of halogens is 1. The van der Waals surface area contributed by atoms with E-state index in [2.05, 4.69) is 10.6 Å². The molecule has 1 amide bonds. The number of hydrogen-bond acceptors (Lipinski definition) is 2. The molecule has 0 atom stereocenters. The topological polar surface area (TPSA) is 41.1 Å². The minimum absolute atomic E-state index is 0.0554. The molecule has 3 aromatic carbocycles. The fourth-order valence-corrected chi connectivity index (χ4v) is 2.56. The fraction of sp³-hybridized carbons (Fsp3) is 0.0952. The normalized spacial score (nSPS) is 10.3. The molecule has 25 heavy (non-hydrogen) atoms. The Bertz CT molecular complexity index is 875. The van der Waals surface area contributed by atoms with Crippen molar-refractivity contribution in [1.82, 2.24) is 0 Å². The van der Waals surface area contributed by atoms with Crippen LogP contribution in [0.2, 0.25) is 0 Å². The van der Waals surface area contributed by atoms with Crippen molar-refractivity contribution in [2.75, 3.05) is 10.6 Å². The summed E-state index contributed by atoms with van der Waals surface area (Å²) in [5.74, 6) is -0.342. The molecule has 0 bridgehead atoms. The van der Waals surface area contributed by atoms with Gasteiger partial charge in [0.15, 0.2) is 0 Å². The first-order valence-corrected chi connectivity index (χ1v) is 8.07. The highest BCUT2D eigenvalue weighted by atomic mass is 19.1. The molecule has 0 aliphatic rings. The van der Waals surface area contributed by atoms with Gasteiger partial charge in [-0.05, 0) is 60.5 Å². The van der Waals surface area contributed by atoms with Gasteiger partial charge in [-0.1, -0.05) is 30.3 Å². The SMILES string of the molecule is Cc1ccccc1CC(=O)Nc1ccc(Nc2cccc(F)c2)cc1. The van der Waals surface area contributed by atoms with E-state index in [1.165, 1.54) is 12.1 Å². The fourth-order valence-electron chi connectivity index (χ4n) is 2.56. The van der Waals surface area contributed by atoms with Gasteiger partial charge in [0, 0.05) is 17.1 Å². The van der Waals surface area contributed by atoms with Crippen LogP contribution in [0.15, 0.2) is 72.8 Å². The van der Waals surface area contributed by atoms with E-state index < -0.39 is 0 Å². The first kappa shape index (κ1) is 16.7. The summed E-state index contributed by atoms with van der Waals surface area (Å²) in [5, 5.41) is 6.01. The minimum atomic E-state index is -0.287.